The van der Waals surface area contributed by atoms with Gasteiger partial charge < -0.3 is 19.3 Å². The van der Waals surface area contributed by atoms with Crippen LogP contribution in [-0.2, 0) is 31.6 Å². The van der Waals surface area contributed by atoms with Gasteiger partial charge in [-0.25, -0.2) is 0 Å². The second-order valence-electron chi connectivity index (χ2n) is 12.7. The van der Waals surface area contributed by atoms with Crippen LogP contribution in [-0.4, -0.2) is 123 Å². The Hall–Kier alpha value is -2.71. The van der Waals surface area contributed by atoms with Crippen molar-refractivity contribution in [2.24, 2.45) is 0 Å². The van der Waals surface area contributed by atoms with Crippen LogP contribution in [0.2, 0.25) is 0 Å². The molecule has 41 heavy (non-hydrogen) atoms. The maximum Gasteiger partial charge on any atom is 0.255 e. The van der Waals surface area contributed by atoms with Gasteiger partial charge in [0.25, 0.3) is 5.91 Å². The lowest BCUT2D eigenvalue weighted by atomic mass is 9.46. The number of hydrogen-bond donors (Lipinski definition) is 1. The molecular formula is C25H35B8N3O5. The quantitative estimate of drug-likeness (QED) is 0.288. The lowest BCUT2D eigenvalue weighted by Crippen LogP contribution is -2.62. The topological polar surface area (TPSA) is 88.2 Å². The van der Waals surface area contributed by atoms with E-state index in [4.69, 9.17) is 9.47 Å². The number of rotatable bonds is 6. The van der Waals surface area contributed by atoms with Crippen LogP contribution in [0.5, 0.6) is 5.75 Å². The predicted molar refractivity (Wildman–Crippen MR) is 182 cm³/mol. The van der Waals surface area contributed by atoms with Gasteiger partial charge in [-0.3, -0.25) is 19.7 Å². The van der Waals surface area contributed by atoms with Gasteiger partial charge >= 0.3 is 0 Å². The number of carbonyl (C=O) groups is 3. The fourth-order valence-electron chi connectivity index (χ4n) is 7.39. The van der Waals surface area contributed by atoms with E-state index in [0.717, 1.165) is 37.4 Å². The molecule has 0 bridgehead atoms. The van der Waals surface area contributed by atoms with E-state index in [0.29, 0.717) is 17.7 Å². The molecule has 3 heterocycles. The average molecular weight is 544 g/mol. The number of fused-ring (bicyclic) bond motifs is 1. The molecule has 1 N–H and O–H groups in total. The summed E-state index contributed by atoms with van der Waals surface area (Å²) in [5, 5.41) is 1.54. The summed E-state index contributed by atoms with van der Waals surface area (Å²) >= 11 is 0. The molecule has 204 valence electrons. The number of morpholine rings is 1. The lowest BCUT2D eigenvalue weighted by Gasteiger charge is -2.45. The van der Waals surface area contributed by atoms with Crippen molar-refractivity contribution < 1.29 is 23.9 Å². The summed E-state index contributed by atoms with van der Waals surface area (Å²) in [6, 6.07) is 4.87. The average Bonchev–Trinajstić information content (AvgIpc) is 3.25. The summed E-state index contributed by atoms with van der Waals surface area (Å²) in [6.07, 6.45) is 0.554. The fourth-order valence-corrected chi connectivity index (χ4v) is 7.39. The van der Waals surface area contributed by atoms with Gasteiger partial charge in [0.05, 0.1) is 25.2 Å². The third-order valence-corrected chi connectivity index (χ3v) is 9.54. The first-order valence-electron chi connectivity index (χ1n) is 14.7. The van der Waals surface area contributed by atoms with Gasteiger partial charge in [-0.15, -0.1) is 0 Å². The first-order chi connectivity index (χ1) is 19.3. The van der Waals surface area contributed by atoms with Crippen molar-refractivity contribution in [2.75, 3.05) is 26.3 Å². The van der Waals surface area contributed by atoms with Gasteiger partial charge in [0.2, 0.25) is 11.8 Å². The van der Waals surface area contributed by atoms with Crippen molar-refractivity contribution in [1.29, 1.82) is 0 Å². The normalized spacial score (nSPS) is 20.1. The third-order valence-electron chi connectivity index (χ3n) is 9.54. The number of amides is 3. The maximum absolute atomic E-state index is 13.4. The minimum Gasteiger partial charge on any atom is -0.501 e. The number of carbonyl (C=O) groups excluding carboxylic acids is 3. The van der Waals surface area contributed by atoms with Crippen LogP contribution >= 0.6 is 0 Å². The molecule has 0 spiro atoms. The Morgan fingerprint density at radius 2 is 1.51 bits per heavy atom. The van der Waals surface area contributed by atoms with Crippen molar-refractivity contribution in [2.45, 2.75) is 36.2 Å². The van der Waals surface area contributed by atoms with E-state index in [1.54, 1.807) is 11.0 Å². The monoisotopic (exact) mass is 545 g/mol. The van der Waals surface area contributed by atoms with E-state index in [1.165, 1.54) is 27.4 Å². The van der Waals surface area contributed by atoms with Crippen LogP contribution in [0.1, 0.15) is 39.9 Å². The number of imide groups is 1. The molecule has 2 saturated heterocycles. The van der Waals surface area contributed by atoms with Crippen LogP contribution in [0.3, 0.4) is 0 Å². The smallest absolute Gasteiger partial charge is 0.255 e. The van der Waals surface area contributed by atoms with Crippen LogP contribution in [0, 0.1) is 0 Å². The number of nitrogens with zero attached hydrogens (tertiary/aromatic N) is 2. The number of piperidine rings is 1. The second kappa shape index (κ2) is 10.8. The van der Waals surface area contributed by atoms with Crippen molar-refractivity contribution in [3.63, 3.8) is 0 Å². The molecule has 3 amide bonds. The summed E-state index contributed by atoms with van der Waals surface area (Å²) in [6.45, 7) is 3.60. The Balaban J connectivity index is 1.48. The highest BCUT2D eigenvalue weighted by Gasteiger charge is 2.41. The molecule has 0 radical (unpaired) electrons. The van der Waals surface area contributed by atoms with E-state index in [1.807, 2.05) is 12.1 Å². The summed E-state index contributed by atoms with van der Waals surface area (Å²) in [5.74, 6) is -0.270. The molecule has 0 saturated carbocycles. The first-order valence-corrected chi connectivity index (χ1v) is 14.7. The Morgan fingerprint density at radius 1 is 0.902 bits per heavy atom. The van der Waals surface area contributed by atoms with Crippen LogP contribution in [0.15, 0.2) is 18.2 Å². The van der Waals surface area contributed by atoms with Gasteiger partial charge in [-0.2, -0.15) is 0 Å². The molecule has 0 aromatic heterocycles. The highest BCUT2D eigenvalue weighted by molar-refractivity contribution is 6.61. The highest BCUT2D eigenvalue weighted by atomic mass is 16.5. The first kappa shape index (κ1) is 29.8. The van der Waals surface area contributed by atoms with Crippen molar-refractivity contribution in [3.05, 3.63) is 40.5 Å². The zero-order valence-electron chi connectivity index (χ0n) is 25.7. The number of hydrogen-bond acceptors (Lipinski definition) is 6. The standard InChI is InChI=1S/C25H35B8N3O5/c26-18-16(24(30,31)35-6-8-40-9-7-35)19(27)21(29)17(20(18)28)25(32,33)41-14-3-1-2-11-12(14)10-36(23(11)39)13-4-5-15(37)34-22(13)38/h1-3,13H,4-10,26-33H2,(H,34,37,38). The van der Waals surface area contributed by atoms with E-state index in [2.05, 4.69) is 73.0 Å². The third kappa shape index (κ3) is 5.11. The maximum atomic E-state index is 13.4. The van der Waals surface area contributed by atoms with Crippen molar-refractivity contribution >= 4 is 102 Å². The van der Waals surface area contributed by atoms with E-state index < -0.39 is 17.3 Å². The van der Waals surface area contributed by atoms with Gasteiger partial charge in [0, 0.05) is 30.6 Å². The molecule has 3 aliphatic heterocycles. The Labute approximate surface area is 249 Å². The van der Waals surface area contributed by atoms with Gasteiger partial charge in [-0.05, 0) is 29.5 Å². The zero-order chi connectivity index (χ0) is 29.9. The Morgan fingerprint density at radius 3 is 2.12 bits per heavy atom. The molecule has 16 heteroatoms. The Bertz CT molecular complexity index is 1420. The van der Waals surface area contributed by atoms with Crippen LogP contribution < -0.4 is 31.9 Å². The summed E-state index contributed by atoms with van der Waals surface area (Å²) in [5.41, 5.74) is 8.81. The lowest BCUT2D eigenvalue weighted by molar-refractivity contribution is -0.136. The molecule has 0 aliphatic carbocycles. The van der Waals surface area contributed by atoms with Crippen LogP contribution in [0.25, 0.3) is 0 Å². The minimum absolute atomic E-state index is 0.142. The molecule has 5 rings (SSSR count). The summed E-state index contributed by atoms with van der Waals surface area (Å²) in [4.78, 5) is 41.7. The zero-order valence-corrected chi connectivity index (χ0v) is 25.7. The van der Waals surface area contributed by atoms with Gasteiger partial charge in [0.1, 0.15) is 58.9 Å². The number of nitrogens with one attached hydrogen (secondary N) is 1. The molecule has 2 aromatic carbocycles. The summed E-state index contributed by atoms with van der Waals surface area (Å²) < 4.78 is 12.4. The van der Waals surface area contributed by atoms with Gasteiger partial charge in [-0.1, -0.05) is 33.5 Å². The molecular weight excluding hydrogens is 509 g/mol. The van der Waals surface area contributed by atoms with Crippen molar-refractivity contribution in [1.82, 2.24) is 15.1 Å². The molecule has 2 fully saturated rings. The highest BCUT2D eigenvalue weighted by Crippen LogP contribution is 2.35. The molecule has 1 atom stereocenters. The largest absolute Gasteiger partial charge is 0.501 e. The van der Waals surface area contributed by atoms with E-state index >= 15 is 0 Å². The molecule has 1 unspecified atom stereocenters. The number of benzene rings is 2. The number of ether oxygens (including phenoxy) is 2. The Kier molecular flexibility index (Phi) is 7.88. The second-order valence-corrected chi connectivity index (χ2v) is 12.7. The van der Waals surface area contributed by atoms with Gasteiger partial charge in [0.15, 0.2) is 15.7 Å². The van der Waals surface area contributed by atoms with E-state index in [9.17, 15) is 14.4 Å². The van der Waals surface area contributed by atoms with Crippen molar-refractivity contribution in [3.8, 4) is 5.75 Å². The molecule has 2 aromatic rings. The summed E-state index contributed by atoms with van der Waals surface area (Å²) in [7, 11) is 17.6. The molecule has 3 aliphatic rings. The van der Waals surface area contributed by atoms with Crippen LogP contribution in [0.4, 0.5) is 0 Å². The molecule has 8 nitrogen and oxygen atoms in total. The minimum atomic E-state index is -0.689. The predicted octanol–water partition coefficient (Wildman–Crippen LogP) is -9.35. The van der Waals surface area contributed by atoms with E-state index in [-0.39, 0.29) is 30.1 Å². The SMILES string of the molecule is Bc1c(B)c(C(B)(B)N2CCOCC2)c(B)c(B)c1C(B)(B)Oc1cccc2c1CN(C1CCC(=O)NC1=O)C2=O. The fraction of sp³-hybridized carbons (Fsp3) is 0.400.